The molecule has 1 aromatic heterocycles. The van der Waals surface area contributed by atoms with E-state index in [2.05, 4.69) is 48.6 Å². The molecule has 34 heavy (non-hydrogen) atoms. The van der Waals surface area contributed by atoms with Crippen LogP contribution in [0.25, 0.3) is 11.4 Å². The van der Waals surface area contributed by atoms with Crippen molar-refractivity contribution in [2.45, 2.75) is 62.3 Å². The number of aryl methyl sites for hydroxylation is 1. The molecular formula is C23H27N9O2. The lowest BCUT2D eigenvalue weighted by Crippen LogP contribution is -2.56. The lowest BCUT2D eigenvalue weighted by Gasteiger charge is -2.38. The molecule has 3 fully saturated rings. The van der Waals surface area contributed by atoms with Crippen LogP contribution in [-0.4, -0.2) is 90.9 Å². The highest BCUT2D eigenvalue weighted by Gasteiger charge is 2.53. The fourth-order valence-corrected chi connectivity index (χ4v) is 6.32. The number of aromatic amines is 1. The number of nitrogens with two attached hydrogens (primary N) is 1. The van der Waals surface area contributed by atoms with Gasteiger partial charge in [-0.25, -0.2) is 0 Å². The lowest BCUT2D eigenvalue weighted by atomic mass is 10.0. The van der Waals surface area contributed by atoms with Gasteiger partial charge in [-0.05, 0) is 54.5 Å². The quantitative estimate of drug-likeness (QED) is 0.631. The molecule has 2 amide bonds. The third-order valence-corrected chi connectivity index (χ3v) is 7.88. The Kier molecular flexibility index (Phi) is 5.08. The van der Waals surface area contributed by atoms with Gasteiger partial charge in [-0.3, -0.25) is 14.5 Å². The molecule has 3 saturated heterocycles. The van der Waals surface area contributed by atoms with E-state index in [0.717, 1.165) is 37.8 Å². The number of carbonyl (C=O) groups excluding carboxylic acids is 2. The molecule has 11 heteroatoms. The summed E-state index contributed by atoms with van der Waals surface area (Å²) >= 11 is 0. The Labute approximate surface area is 196 Å². The van der Waals surface area contributed by atoms with Gasteiger partial charge in [0.1, 0.15) is 6.04 Å². The van der Waals surface area contributed by atoms with E-state index in [1.165, 1.54) is 11.1 Å². The van der Waals surface area contributed by atoms with E-state index >= 15 is 0 Å². The van der Waals surface area contributed by atoms with Crippen LogP contribution in [-0.2, 0) is 16.0 Å². The number of nitrogens with one attached hydrogen (secondary N) is 1. The molecule has 11 nitrogen and oxygen atoms in total. The van der Waals surface area contributed by atoms with Gasteiger partial charge in [0.25, 0.3) is 0 Å². The van der Waals surface area contributed by atoms with Crippen LogP contribution in [0.3, 0.4) is 0 Å². The maximum atomic E-state index is 13.4. The molecule has 2 bridgehead atoms. The molecular weight excluding hydrogens is 434 g/mol. The minimum absolute atomic E-state index is 0.0789. The van der Waals surface area contributed by atoms with Crippen molar-refractivity contribution < 1.29 is 9.59 Å². The number of H-pyrrole nitrogens is 1. The van der Waals surface area contributed by atoms with Crippen LogP contribution in [0.2, 0.25) is 0 Å². The third kappa shape index (κ3) is 3.28. The highest BCUT2D eigenvalue weighted by Crippen LogP contribution is 2.44. The normalized spacial score (nSPS) is 29.0. The number of tetrazole rings is 1. The van der Waals surface area contributed by atoms with E-state index < -0.39 is 6.04 Å². The van der Waals surface area contributed by atoms with Gasteiger partial charge in [0.2, 0.25) is 17.6 Å². The number of hydrogen-bond donors (Lipinski definition) is 2. The highest BCUT2D eigenvalue weighted by atomic mass is 16.2. The molecule has 6 rings (SSSR count). The smallest absolute Gasteiger partial charge is 0.241 e. The summed E-state index contributed by atoms with van der Waals surface area (Å²) in [5.74, 6) is 0.518. The Morgan fingerprint density at radius 2 is 2.21 bits per heavy atom. The minimum Gasteiger partial charge on any atom is -0.330 e. The van der Waals surface area contributed by atoms with Crippen LogP contribution >= 0.6 is 0 Å². The maximum absolute atomic E-state index is 13.4. The summed E-state index contributed by atoms with van der Waals surface area (Å²) in [5, 5.41) is 23.5. The van der Waals surface area contributed by atoms with E-state index in [-0.39, 0.29) is 36.0 Å². The molecule has 0 saturated carbocycles. The second kappa shape index (κ2) is 8.14. The summed E-state index contributed by atoms with van der Waals surface area (Å²) in [6, 6.07) is 7.26. The number of nitriles is 1. The van der Waals surface area contributed by atoms with Crippen LogP contribution in [0.5, 0.6) is 0 Å². The van der Waals surface area contributed by atoms with Gasteiger partial charge >= 0.3 is 0 Å². The fraction of sp³-hybridized carbons (Fsp3) is 0.565. The van der Waals surface area contributed by atoms with Gasteiger partial charge < -0.3 is 15.5 Å². The first-order valence-electron chi connectivity index (χ1n) is 11.9. The minimum atomic E-state index is -0.717. The molecule has 5 atom stereocenters. The van der Waals surface area contributed by atoms with Gasteiger partial charge in [0.05, 0.1) is 24.2 Å². The lowest BCUT2D eigenvalue weighted by molar-refractivity contribution is -0.141. The second-order valence-electron chi connectivity index (χ2n) is 9.73. The standard InChI is InChI=1S/C23H27N9O2/c24-10-15-2-1-7-31(15)22(33)18(25)12-30-11-16-9-20(30)23(34)32(16)19-6-4-13-8-14(3-5-17(13)19)21-26-28-29-27-21/h3,5,8,15-16,18-20H,1-2,4,6-7,9,11-12,25H2,(H,26,27,28,29)/t15-,16+,18-,19+,20+/m0/s1. The van der Waals surface area contributed by atoms with E-state index in [4.69, 9.17) is 5.73 Å². The van der Waals surface area contributed by atoms with Gasteiger partial charge in [-0.2, -0.15) is 10.5 Å². The molecule has 1 aromatic carbocycles. The van der Waals surface area contributed by atoms with Gasteiger partial charge in [0, 0.05) is 31.2 Å². The number of likely N-dealkylation sites (tertiary alicyclic amines) is 3. The van der Waals surface area contributed by atoms with Crippen molar-refractivity contribution in [1.82, 2.24) is 35.3 Å². The first-order chi connectivity index (χ1) is 16.5. The fourth-order valence-electron chi connectivity index (χ4n) is 6.32. The van der Waals surface area contributed by atoms with Crippen LogP contribution in [0, 0.1) is 11.3 Å². The molecule has 1 aliphatic carbocycles. The van der Waals surface area contributed by atoms with Crippen molar-refractivity contribution in [2.24, 2.45) is 5.73 Å². The summed E-state index contributed by atoms with van der Waals surface area (Å²) in [4.78, 5) is 32.0. The van der Waals surface area contributed by atoms with Crippen LogP contribution in [0.1, 0.15) is 42.9 Å². The first kappa shape index (κ1) is 21.2. The number of nitrogens with zero attached hydrogens (tertiary/aromatic N) is 7. The van der Waals surface area contributed by atoms with Crippen molar-refractivity contribution in [2.75, 3.05) is 19.6 Å². The zero-order chi connectivity index (χ0) is 23.4. The number of piperazine rings is 1. The molecule has 0 unspecified atom stereocenters. The van der Waals surface area contributed by atoms with Crippen molar-refractivity contribution in [1.29, 1.82) is 5.26 Å². The van der Waals surface area contributed by atoms with Crippen molar-refractivity contribution >= 4 is 11.8 Å². The number of amides is 2. The molecule has 4 aliphatic rings. The zero-order valence-electron chi connectivity index (χ0n) is 18.8. The number of hydrogen-bond acceptors (Lipinski definition) is 8. The zero-order valence-corrected chi connectivity index (χ0v) is 18.8. The predicted molar refractivity (Wildman–Crippen MR) is 120 cm³/mol. The van der Waals surface area contributed by atoms with E-state index in [1.54, 1.807) is 4.90 Å². The summed E-state index contributed by atoms with van der Waals surface area (Å²) in [6.07, 6.45) is 4.12. The molecule has 0 spiro atoms. The second-order valence-corrected chi connectivity index (χ2v) is 9.73. The van der Waals surface area contributed by atoms with Gasteiger partial charge in [-0.15, -0.1) is 10.2 Å². The topological polar surface area (TPSA) is 148 Å². The summed E-state index contributed by atoms with van der Waals surface area (Å²) in [7, 11) is 0. The van der Waals surface area contributed by atoms with E-state index in [1.807, 2.05) is 6.07 Å². The Balaban J connectivity index is 1.13. The molecule has 4 heterocycles. The Morgan fingerprint density at radius 1 is 1.32 bits per heavy atom. The van der Waals surface area contributed by atoms with Gasteiger partial charge in [0.15, 0.2) is 0 Å². The van der Waals surface area contributed by atoms with E-state index in [0.29, 0.717) is 25.3 Å². The van der Waals surface area contributed by atoms with Crippen molar-refractivity contribution in [3.05, 3.63) is 29.3 Å². The SMILES string of the molecule is N#C[C@@H]1CCCN1C(=O)[C@@H](N)CN1C[C@H]2C[C@@H]1C(=O)N2[C@@H]1CCc2cc(-c3nn[nH]n3)ccc21. The number of benzene rings is 1. The number of carbonyl (C=O) groups is 2. The maximum Gasteiger partial charge on any atom is 0.241 e. The summed E-state index contributed by atoms with van der Waals surface area (Å²) < 4.78 is 0. The third-order valence-electron chi connectivity index (χ3n) is 7.88. The number of aromatic nitrogens is 4. The Bertz CT molecular complexity index is 1160. The molecule has 3 aliphatic heterocycles. The predicted octanol–water partition coefficient (Wildman–Crippen LogP) is -0.0190. The molecule has 0 radical (unpaired) electrons. The molecule has 2 aromatic rings. The first-order valence-corrected chi connectivity index (χ1v) is 11.9. The average molecular weight is 462 g/mol. The van der Waals surface area contributed by atoms with Crippen LogP contribution < -0.4 is 5.73 Å². The summed E-state index contributed by atoms with van der Waals surface area (Å²) in [6.45, 7) is 1.66. The number of rotatable bonds is 5. The van der Waals surface area contributed by atoms with Crippen LogP contribution in [0.4, 0.5) is 0 Å². The van der Waals surface area contributed by atoms with Crippen molar-refractivity contribution in [3.8, 4) is 17.5 Å². The van der Waals surface area contributed by atoms with Crippen molar-refractivity contribution in [3.63, 3.8) is 0 Å². The van der Waals surface area contributed by atoms with E-state index in [9.17, 15) is 14.9 Å². The summed E-state index contributed by atoms with van der Waals surface area (Å²) in [5.41, 5.74) is 9.61. The van der Waals surface area contributed by atoms with Gasteiger partial charge in [-0.1, -0.05) is 12.1 Å². The highest BCUT2D eigenvalue weighted by molar-refractivity contribution is 5.87. The Hall–Kier alpha value is -3.36. The molecule has 3 N–H and O–H groups in total. The Morgan fingerprint density at radius 3 is 2.97 bits per heavy atom. The monoisotopic (exact) mass is 461 g/mol. The number of fused-ring (bicyclic) bond motifs is 3. The largest absolute Gasteiger partial charge is 0.330 e. The average Bonchev–Trinajstić information content (AvgIpc) is 3.66. The molecule has 176 valence electrons. The van der Waals surface area contributed by atoms with Crippen LogP contribution in [0.15, 0.2) is 18.2 Å².